The van der Waals surface area contributed by atoms with Crippen LogP contribution in [0.5, 0.6) is 0 Å². The van der Waals surface area contributed by atoms with Gasteiger partial charge < -0.3 is 15.3 Å². The first-order valence-electron chi connectivity index (χ1n) is 2.93. The van der Waals surface area contributed by atoms with Crippen LogP contribution < -0.4 is 11.4 Å². The van der Waals surface area contributed by atoms with E-state index in [1.54, 1.807) is 24.3 Å². The zero-order valence-corrected chi connectivity index (χ0v) is 5.90. The fourth-order valence-electron chi connectivity index (χ4n) is 0.696. The second-order valence-electron chi connectivity index (χ2n) is 1.90. The third-order valence-electron chi connectivity index (χ3n) is 1.21. The van der Waals surface area contributed by atoms with Crippen LogP contribution >= 0.6 is 0 Å². The Kier molecular flexibility index (Phi) is 4.48. The van der Waals surface area contributed by atoms with Crippen LogP contribution in [0.4, 0.5) is 0 Å². The van der Waals surface area contributed by atoms with Crippen molar-refractivity contribution >= 4 is 12.6 Å². The third kappa shape index (κ3) is 2.69. The molecule has 0 saturated heterocycles. The standard InChI is InChI=1S/C6H8BNO2.H2O/c8-10-7(9)6-4-2-1-3-5-6;/h1-5,9H,8H2;1H2. The molecular formula is C6H10BNO3. The van der Waals surface area contributed by atoms with Gasteiger partial charge in [-0.05, 0) is 5.46 Å². The maximum atomic E-state index is 8.98. The minimum absolute atomic E-state index is 0. The molecule has 0 atom stereocenters. The van der Waals surface area contributed by atoms with Gasteiger partial charge in [-0.25, -0.2) is 5.90 Å². The van der Waals surface area contributed by atoms with Crippen LogP contribution in [-0.4, -0.2) is 17.6 Å². The van der Waals surface area contributed by atoms with Gasteiger partial charge in [-0.2, -0.15) is 0 Å². The molecule has 1 aromatic carbocycles. The molecule has 11 heavy (non-hydrogen) atoms. The van der Waals surface area contributed by atoms with Gasteiger partial charge in [0.2, 0.25) is 0 Å². The maximum absolute atomic E-state index is 8.98. The second kappa shape index (κ2) is 4.87. The van der Waals surface area contributed by atoms with Crippen LogP contribution in [0.25, 0.3) is 0 Å². The Morgan fingerprint density at radius 2 is 1.82 bits per heavy atom. The highest BCUT2D eigenvalue weighted by atomic mass is 16.6. The van der Waals surface area contributed by atoms with Crippen LogP contribution in [0.2, 0.25) is 0 Å². The smallest absolute Gasteiger partial charge is 0.422 e. The lowest BCUT2D eigenvalue weighted by Gasteiger charge is -2.00. The summed E-state index contributed by atoms with van der Waals surface area (Å²) in [6.45, 7) is 0. The molecule has 0 aromatic heterocycles. The average molecular weight is 155 g/mol. The molecule has 5 N–H and O–H groups in total. The molecule has 0 amide bonds. The summed E-state index contributed by atoms with van der Waals surface area (Å²) in [5, 5.41) is 8.98. The topological polar surface area (TPSA) is 87.0 Å². The van der Waals surface area contributed by atoms with Gasteiger partial charge in [0.25, 0.3) is 0 Å². The first-order chi connectivity index (χ1) is 4.84. The summed E-state index contributed by atoms with van der Waals surface area (Å²) < 4.78 is 4.19. The van der Waals surface area contributed by atoms with Crippen LogP contribution in [0, 0.1) is 0 Å². The van der Waals surface area contributed by atoms with Crippen molar-refractivity contribution in [1.29, 1.82) is 0 Å². The highest BCUT2D eigenvalue weighted by Crippen LogP contribution is 1.84. The Morgan fingerprint density at radius 1 is 1.27 bits per heavy atom. The van der Waals surface area contributed by atoms with E-state index in [1.807, 2.05) is 6.07 Å². The quantitative estimate of drug-likeness (QED) is 0.399. The fourth-order valence-corrected chi connectivity index (χ4v) is 0.696. The van der Waals surface area contributed by atoms with Crippen molar-refractivity contribution in [3.8, 4) is 0 Å². The van der Waals surface area contributed by atoms with Crippen molar-refractivity contribution in [2.24, 2.45) is 5.90 Å². The van der Waals surface area contributed by atoms with Crippen molar-refractivity contribution in [2.75, 3.05) is 0 Å². The summed E-state index contributed by atoms with van der Waals surface area (Å²) >= 11 is 0. The lowest BCUT2D eigenvalue weighted by atomic mass is 9.80. The van der Waals surface area contributed by atoms with E-state index in [2.05, 4.69) is 4.76 Å². The summed E-state index contributed by atoms with van der Waals surface area (Å²) in [4.78, 5) is 0. The van der Waals surface area contributed by atoms with Gasteiger partial charge in [0, 0.05) is 0 Å². The van der Waals surface area contributed by atoms with Gasteiger partial charge in [0.05, 0.1) is 0 Å². The molecule has 1 aromatic rings. The normalized spacial score (nSPS) is 8.55. The van der Waals surface area contributed by atoms with Gasteiger partial charge in [0.15, 0.2) is 0 Å². The van der Waals surface area contributed by atoms with E-state index in [9.17, 15) is 0 Å². The van der Waals surface area contributed by atoms with Crippen molar-refractivity contribution in [3.05, 3.63) is 30.3 Å². The van der Waals surface area contributed by atoms with Crippen molar-refractivity contribution in [2.45, 2.75) is 0 Å². The van der Waals surface area contributed by atoms with Gasteiger partial charge in [-0.1, -0.05) is 30.3 Å². The number of benzene rings is 1. The lowest BCUT2D eigenvalue weighted by Crippen LogP contribution is -2.35. The largest absolute Gasteiger partial charge is 0.508 e. The van der Waals surface area contributed by atoms with Gasteiger partial charge in [-0.15, -0.1) is 0 Å². The Hall–Kier alpha value is -0.875. The SMILES string of the molecule is NOB(O)c1ccccc1.O. The average Bonchev–Trinajstić information content (AvgIpc) is 2.05. The van der Waals surface area contributed by atoms with E-state index in [0.717, 1.165) is 0 Å². The van der Waals surface area contributed by atoms with Gasteiger partial charge >= 0.3 is 7.12 Å². The molecule has 0 radical (unpaired) electrons. The molecule has 0 unspecified atom stereocenters. The molecule has 0 heterocycles. The molecule has 60 valence electrons. The predicted molar refractivity (Wildman–Crippen MR) is 42.9 cm³/mol. The van der Waals surface area contributed by atoms with Gasteiger partial charge in [0.1, 0.15) is 0 Å². The molecule has 0 aliphatic rings. The lowest BCUT2D eigenvalue weighted by molar-refractivity contribution is 0.281. The molecule has 4 nitrogen and oxygen atoms in total. The molecule has 0 spiro atoms. The Bertz CT molecular complexity index is 194. The Morgan fingerprint density at radius 3 is 2.27 bits per heavy atom. The molecular weight excluding hydrogens is 145 g/mol. The third-order valence-corrected chi connectivity index (χ3v) is 1.21. The minimum atomic E-state index is -1.01. The van der Waals surface area contributed by atoms with Crippen LogP contribution in [0.15, 0.2) is 30.3 Å². The van der Waals surface area contributed by atoms with E-state index >= 15 is 0 Å². The number of nitrogens with two attached hydrogens (primary N) is 1. The Labute approximate surface area is 65.0 Å². The molecule has 0 fully saturated rings. The molecule has 0 aliphatic carbocycles. The van der Waals surface area contributed by atoms with Crippen molar-refractivity contribution in [3.63, 3.8) is 0 Å². The number of hydrogen-bond donors (Lipinski definition) is 2. The van der Waals surface area contributed by atoms with E-state index in [4.69, 9.17) is 10.9 Å². The first-order valence-corrected chi connectivity index (χ1v) is 2.93. The molecule has 0 aliphatic heterocycles. The highest BCUT2D eigenvalue weighted by Gasteiger charge is 2.12. The van der Waals surface area contributed by atoms with E-state index in [0.29, 0.717) is 5.46 Å². The number of rotatable bonds is 2. The van der Waals surface area contributed by atoms with Gasteiger partial charge in [-0.3, -0.25) is 0 Å². The summed E-state index contributed by atoms with van der Waals surface area (Å²) in [6.07, 6.45) is 0. The highest BCUT2D eigenvalue weighted by molar-refractivity contribution is 6.59. The summed E-state index contributed by atoms with van der Waals surface area (Å²) in [7, 11) is -1.01. The number of hydrogen-bond acceptors (Lipinski definition) is 3. The first kappa shape index (κ1) is 10.1. The van der Waals surface area contributed by atoms with Crippen LogP contribution in [-0.2, 0) is 4.76 Å². The summed E-state index contributed by atoms with van der Waals surface area (Å²) in [6, 6.07) is 8.93. The molecule has 0 saturated carbocycles. The predicted octanol–water partition coefficient (Wildman–Crippen LogP) is -1.56. The zero-order chi connectivity index (χ0) is 7.40. The maximum Gasteiger partial charge on any atom is 0.508 e. The van der Waals surface area contributed by atoms with E-state index in [-0.39, 0.29) is 5.48 Å². The minimum Gasteiger partial charge on any atom is -0.422 e. The van der Waals surface area contributed by atoms with Crippen LogP contribution in [0.1, 0.15) is 0 Å². The van der Waals surface area contributed by atoms with Crippen molar-refractivity contribution < 1.29 is 15.3 Å². The monoisotopic (exact) mass is 155 g/mol. The summed E-state index contributed by atoms with van der Waals surface area (Å²) in [5.74, 6) is 4.75. The van der Waals surface area contributed by atoms with Crippen LogP contribution in [0.3, 0.4) is 0 Å². The van der Waals surface area contributed by atoms with E-state index in [1.165, 1.54) is 0 Å². The van der Waals surface area contributed by atoms with E-state index < -0.39 is 7.12 Å². The Balaban J connectivity index is 0.000001000. The molecule has 5 heteroatoms. The fraction of sp³-hybridized carbons (Fsp3) is 0. The van der Waals surface area contributed by atoms with Crippen molar-refractivity contribution in [1.82, 2.24) is 0 Å². The summed E-state index contributed by atoms with van der Waals surface area (Å²) in [5.41, 5.74) is 0.657. The molecule has 1 rings (SSSR count). The molecule has 0 bridgehead atoms. The zero-order valence-electron chi connectivity index (χ0n) is 5.90. The second-order valence-corrected chi connectivity index (χ2v) is 1.90.